The van der Waals surface area contributed by atoms with E-state index in [4.69, 9.17) is 4.74 Å². The van der Waals surface area contributed by atoms with Crippen LogP contribution in [-0.4, -0.2) is 61.0 Å². The van der Waals surface area contributed by atoms with Crippen molar-refractivity contribution < 1.29 is 14.3 Å². The van der Waals surface area contributed by atoms with Gasteiger partial charge in [-0.3, -0.25) is 9.69 Å². The number of nitrogens with zero attached hydrogens (tertiary/aromatic N) is 2. The summed E-state index contributed by atoms with van der Waals surface area (Å²) in [6, 6.07) is 0. The van der Waals surface area contributed by atoms with Crippen molar-refractivity contribution in [1.29, 1.82) is 0 Å². The van der Waals surface area contributed by atoms with Crippen LogP contribution >= 0.6 is 0 Å². The van der Waals surface area contributed by atoms with Crippen molar-refractivity contribution in [1.82, 2.24) is 9.80 Å². The second-order valence-corrected chi connectivity index (χ2v) is 4.71. The van der Waals surface area contributed by atoms with Crippen LogP contribution in [0.25, 0.3) is 0 Å². The molecular formula is C12H22N2O3. The molecule has 1 aliphatic rings. The predicted molar refractivity (Wildman–Crippen MR) is 64.5 cm³/mol. The Balaban J connectivity index is 2.36. The Kier molecular flexibility index (Phi) is 5.41. The maximum absolute atomic E-state index is 11.6. The van der Waals surface area contributed by atoms with E-state index < -0.39 is 11.9 Å². The van der Waals surface area contributed by atoms with Gasteiger partial charge in [-0.1, -0.05) is 13.8 Å². The number of hydrogen-bond donors (Lipinski definition) is 0. The van der Waals surface area contributed by atoms with E-state index in [0.29, 0.717) is 19.0 Å². The molecule has 0 unspecified atom stereocenters. The number of piperazine rings is 1. The fourth-order valence-electron chi connectivity index (χ4n) is 1.97. The number of rotatable bonds is 3. The minimum atomic E-state index is -0.732. The van der Waals surface area contributed by atoms with Gasteiger partial charge in [-0.2, -0.15) is 0 Å². The molecule has 0 aromatic carbocycles. The second kappa shape index (κ2) is 6.59. The summed E-state index contributed by atoms with van der Waals surface area (Å²) >= 11 is 0. The Morgan fingerprint density at radius 2 is 1.76 bits per heavy atom. The van der Waals surface area contributed by atoms with E-state index in [1.165, 1.54) is 0 Å². The summed E-state index contributed by atoms with van der Waals surface area (Å²) in [5.41, 5.74) is 0. The molecule has 1 aliphatic heterocycles. The van der Waals surface area contributed by atoms with E-state index in [0.717, 1.165) is 19.6 Å². The molecule has 0 atom stereocenters. The van der Waals surface area contributed by atoms with Crippen molar-refractivity contribution >= 4 is 11.9 Å². The average Bonchev–Trinajstić information content (AvgIpc) is 2.28. The third-order valence-corrected chi connectivity index (χ3v) is 2.73. The van der Waals surface area contributed by atoms with Crippen molar-refractivity contribution in [3.8, 4) is 0 Å². The lowest BCUT2D eigenvalue weighted by Crippen LogP contribution is -2.51. The standard InChI is InChI=1S/C12H22N2O3/c1-4-17-12(16)11(15)14-7-5-13(6-8-14)9-10(2)3/h10H,4-9H2,1-3H3. The Hall–Kier alpha value is -1.10. The van der Waals surface area contributed by atoms with Gasteiger partial charge in [0.15, 0.2) is 0 Å². The van der Waals surface area contributed by atoms with Crippen molar-refractivity contribution in [2.24, 2.45) is 5.92 Å². The maximum atomic E-state index is 11.6. The quantitative estimate of drug-likeness (QED) is 0.529. The summed E-state index contributed by atoms with van der Waals surface area (Å²) in [5.74, 6) is -0.608. The van der Waals surface area contributed by atoms with Gasteiger partial charge in [0.25, 0.3) is 0 Å². The first-order valence-corrected chi connectivity index (χ1v) is 6.23. The lowest BCUT2D eigenvalue weighted by atomic mass is 10.2. The van der Waals surface area contributed by atoms with Crippen molar-refractivity contribution in [2.45, 2.75) is 20.8 Å². The zero-order valence-corrected chi connectivity index (χ0v) is 10.9. The number of esters is 1. The average molecular weight is 242 g/mol. The third kappa shape index (κ3) is 4.34. The normalized spacial score (nSPS) is 17.3. The summed E-state index contributed by atoms with van der Waals surface area (Å²) in [7, 11) is 0. The summed E-state index contributed by atoms with van der Waals surface area (Å²) in [4.78, 5) is 26.8. The Labute approximate surface area is 103 Å². The van der Waals surface area contributed by atoms with Crippen LogP contribution in [0.3, 0.4) is 0 Å². The molecule has 0 aromatic rings. The number of amides is 1. The van der Waals surface area contributed by atoms with Gasteiger partial charge in [-0.15, -0.1) is 0 Å². The predicted octanol–water partition coefficient (Wildman–Crippen LogP) is 0.350. The zero-order chi connectivity index (χ0) is 12.8. The van der Waals surface area contributed by atoms with Gasteiger partial charge in [0, 0.05) is 32.7 Å². The van der Waals surface area contributed by atoms with Crippen LogP contribution in [0.1, 0.15) is 20.8 Å². The molecule has 98 valence electrons. The van der Waals surface area contributed by atoms with Gasteiger partial charge >= 0.3 is 11.9 Å². The number of ether oxygens (including phenoxy) is 1. The molecule has 1 rings (SSSR count). The SMILES string of the molecule is CCOC(=O)C(=O)N1CCN(CC(C)C)CC1. The molecule has 0 spiro atoms. The van der Waals surface area contributed by atoms with Gasteiger partial charge in [0.1, 0.15) is 0 Å². The molecule has 1 heterocycles. The lowest BCUT2D eigenvalue weighted by Gasteiger charge is -2.34. The molecular weight excluding hydrogens is 220 g/mol. The Bertz CT molecular complexity index is 271. The molecule has 5 nitrogen and oxygen atoms in total. The highest BCUT2D eigenvalue weighted by Crippen LogP contribution is 2.06. The fourth-order valence-corrected chi connectivity index (χ4v) is 1.97. The molecule has 17 heavy (non-hydrogen) atoms. The van der Waals surface area contributed by atoms with E-state index >= 15 is 0 Å². The van der Waals surface area contributed by atoms with Gasteiger partial charge in [-0.25, -0.2) is 4.79 Å². The van der Waals surface area contributed by atoms with E-state index in [1.54, 1.807) is 11.8 Å². The number of carbonyl (C=O) groups is 2. The van der Waals surface area contributed by atoms with Crippen LogP contribution in [0.15, 0.2) is 0 Å². The Morgan fingerprint density at radius 3 is 2.24 bits per heavy atom. The summed E-state index contributed by atoms with van der Waals surface area (Å²) in [6.45, 7) is 10.2. The van der Waals surface area contributed by atoms with Crippen LogP contribution in [0, 0.1) is 5.92 Å². The molecule has 0 aromatic heterocycles. The molecule has 0 aliphatic carbocycles. The fraction of sp³-hybridized carbons (Fsp3) is 0.833. The molecule has 1 amide bonds. The van der Waals surface area contributed by atoms with E-state index in [-0.39, 0.29) is 6.61 Å². The third-order valence-electron chi connectivity index (χ3n) is 2.73. The highest BCUT2D eigenvalue weighted by atomic mass is 16.5. The topological polar surface area (TPSA) is 49.9 Å². The van der Waals surface area contributed by atoms with E-state index in [2.05, 4.69) is 18.7 Å². The first-order chi connectivity index (χ1) is 8.04. The monoisotopic (exact) mass is 242 g/mol. The van der Waals surface area contributed by atoms with Crippen LogP contribution < -0.4 is 0 Å². The molecule has 0 N–H and O–H groups in total. The zero-order valence-electron chi connectivity index (χ0n) is 10.9. The summed E-state index contributed by atoms with van der Waals surface area (Å²) in [5, 5.41) is 0. The van der Waals surface area contributed by atoms with Crippen LogP contribution in [-0.2, 0) is 14.3 Å². The van der Waals surface area contributed by atoms with Gasteiger partial charge in [0.05, 0.1) is 6.61 Å². The summed E-state index contributed by atoms with van der Waals surface area (Å²) in [6.07, 6.45) is 0. The Morgan fingerprint density at radius 1 is 1.18 bits per heavy atom. The van der Waals surface area contributed by atoms with Crippen LogP contribution in [0.4, 0.5) is 0 Å². The highest BCUT2D eigenvalue weighted by Gasteiger charge is 2.26. The molecule has 1 fully saturated rings. The second-order valence-electron chi connectivity index (χ2n) is 4.71. The van der Waals surface area contributed by atoms with Crippen molar-refractivity contribution in [2.75, 3.05) is 39.3 Å². The summed E-state index contributed by atoms with van der Waals surface area (Å²) < 4.78 is 4.70. The first-order valence-electron chi connectivity index (χ1n) is 6.23. The van der Waals surface area contributed by atoms with Gasteiger partial charge in [-0.05, 0) is 12.8 Å². The first kappa shape index (κ1) is 14.0. The molecule has 0 radical (unpaired) electrons. The molecule has 0 bridgehead atoms. The van der Waals surface area contributed by atoms with Crippen LogP contribution in [0.2, 0.25) is 0 Å². The van der Waals surface area contributed by atoms with Crippen molar-refractivity contribution in [3.63, 3.8) is 0 Å². The minimum absolute atomic E-state index is 0.248. The van der Waals surface area contributed by atoms with Crippen molar-refractivity contribution in [3.05, 3.63) is 0 Å². The molecule has 5 heteroatoms. The lowest BCUT2D eigenvalue weighted by molar-refractivity contribution is -0.160. The van der Waals surface area contributed by atoms with Gasteiger partial charge in [0.2, 0.25) is 0 Å². The smallest absolute Gasteiger partial charge is 0.397 e. The minimum Gasteiger partial charge on any atom is -0.459 e. The number of hydrogen-bond acceptors (Lipinski definition) is 4. The number of carbonyl (C=O) groups excluding carboxylic acids is 2. The van der Waals surface area contributed by atoms with E-state index in [1.807, 2.05) is 0 Å². The molecule has 0 saturated carbocycles. The van der Waals surface area contributed by atoms with Crippen LogP contribution in [0.5, 0.6) is 0 Å². The largest absolute Gasteiger partial charge is 0.459 e. The highest BCUT2D eigenvalue weighted by molar-refractivity contribution is 6.32. The van der Waals surface area contributed by atoms with Gasteiger partial charge < -0.3 is 9.64 Å². The maximum Gasteiger partial charge on any atom is 0.397 e. The van der Waals surface area contributed by atoms with E-state index in [9.17, 15) is 9.59 Å². The molecule has 1 saturated heterocycles.